The summed E-state index contributed by atoms with van der Waals surface area (Å²) in [7, 11) is 0. The molecule has 1 amide bonds. The molecular weight excluding hydrogens is 534 g/mol. The first-order valence-electron chi connectivity index (χ1n) is 9.74. The molecule has 166 valence electrons. The second-order valence-corrected chi connectivity index (χ2v) is 8.98. The molecule has 1 unspecified atom stereocenters. The largest absolute Gasteiger partial charge is 0.437 e. The van der Waals surface area contributed by atoms with E-state index in [1.54, 1.807) is 6.07 Å². The predicted molar refractivity (Wildman–Crippen MR) is 124 cm³/mol. The van der Waals surface area contributed by atoms with Gasteiger partial charge in [-0.25, -0.2) is 13.2 Å². The highest BCUT2D eigenvalue weighted by Gasteiger charge is 2.53. The summed E-state index contributed by atoms with van der Waals surface area (Å²) >= 11 is 1.93. The summed E-state index contributed by atoms with van der Waals surface area (Å²) in [6.07, 6.45) is 0. The second-order valence-electron chi connectivity index (χ2n) is 7.74. The van der Waals surface area contributed by atoms with Crippen molar-refractivity contribution in [2.75, 3.05) is 18.4 Å². The van der Waals surface area contributed by atoms with Gasteiger partial charge in [0.25, 0.3) is 5.91 Å². The molecule has 1 saturated heterocycles. The zero-order valence-electron chi connectivity index (χ0n) is 16.7. The molecule has 9 heteroatoms. The maximum absolute atomic E-state index is 14.6. The number of nitrogens with one attached hydrogen (secondary N) is 1. The fourth-order valence-corrected chi connectivity index (χ4v) is 4.15. The van der Waals surface area contributed by atoms with Gasteiger partial charge in [0.15, 0.2) is 11.6 Å². The quantitative estimate of drug-likeness (QED) is 0.369. The zero-order chi connectivity index (χ0) is 23.0. The van der Waals surface area contributed by atoms with Gasteiger partial charge in [-0.1, -0.05) is 30.3 Å². The van der Waals surface area contributed by atoms with Crippen LogP contribution in [0.5, 0.6) is 0 Å². The predicted octanol–water partition coefficient (Wildman–Crippen LogP) is 4.07. The normalized spacial score (nSPS) is 15.8. The van der Waals surface area contributed by atoms with Crippen LogP contribution in [-0.2, 0) is 0 Å². The molecule has 0 radical (unpaired) electrons. The zero-order valence-corrected chi connectivity index (χ0v) is 18.9. The van der Waals surface area contributed by atoms with Crippen molar-refractivity contribution in [2.24, 2.45) is 5.73 Å². The van der Waals surface area contributed by atoms with Crippen molar-refractivity contribution in [2.45, 2.75) is 11.6 Å². The lowest BCUT2D eigenvalue weighted by Gasteiger charge is -2.45. The van der Waals surface area contributed by atoms with E-state index in [1.165, 1.54) is 17.0 Å². The van der Waals surface area contributed by atoms with Crippen LogP contribution in [0.4, 0.5) is 24.5 Å². The van der Waals surface area contributed by atoms with Gasteiger partial charge in [-0.3, -0.25) is 4.79 Å². The third-order valence-electron chi connectivity index (χ3n) is 5.50. The number of carbonyl (C=O) groups is 1. The van der Waals surface area contributed by atoms with Gasteiger partial charge in [0, 0.05) is 3.57 Å². The van der Waals surface area contributed by atoms with Crippen LogP contribution in [-0.4, -0.2) is 34.6 Å². The summed E-state index contributed by atoms with van der Waals surface area (Å²) in [5.41, 5.74) is 5.22. The third kappa shape index (κ3) is 4.19. The molecule has 4 rings (SSSR count). The lowest BCUT2D eigenvalue weighted by molar-refractivity contribution is -0.0978. The topological polar surface area (TPSA) is 81.3 Å². The van der Waals surface area contributed by atoms with Crippen LogP contribution in [0.15, 0.2) is 60.7 Å². The summed E-state index contributed by atoms with van der Waals surface area (Å²) in [5.74, 6) is -3.71. The Bertz CT molecular complexity index is 1170. The Labute approximate surface area is 196 Å². The van der Waals surface area contributed by atoms with Gasteiger partial charge in [-0.2, -0.15) is 0 Å². The van der Waals surface area contributed by atoms with E-state index < -0.39 is 40.7 Å². The van der Waals surface area contributed by atoms with E-state index in [0.29, 0.717) is 3.57 Å². The first-order chi connectivity index (χ1) is 15.2. The second kappa shape index (κ2) is 8.72. The van der Waals surface area contributed by atoms with Crippen LogP contribution >= 0.6 is 22.6 Å². The number of hydrogen-bond donors (Lipinski definition) is 2. The van der Waals surface area contributed by atoms with E-state index in [2.05, 4.69) is 5.32 Å². The Morgan fingerprint density at radius 1 is 1.06 bits per heavy atom. The SMILES string of the molecule is NC(c1ccccc1)C1([OH2+])CN(C(=O)c2ccc(F)c(F)c2Nc2ccc(I)cc2F)C1. The fraction of sp³-hybridized carbons (Fsp3) is 0.174. The van der Waals surface area contributed by atoms with Crippen molar-refractivity contribution in [3.8, 4) is 0 Å². The van der Waals surface area contributed by atoms with Crippen LogP contribution in [0.25, 0.3) is 0 Å². The number of nitrogens with zero attached hydrogens (tertiary/aromatic N) is 1. The molecule has 1 aliphatic rings. The van der Waals surface area contributed by atoms with Gasteiger partial charge in [0.05, 0.1) is 30.0 Å². The molecule has 5 N–H and O–H groups in total. The first-order valence-corrected chi connectivity index (χ1v) is 10.8. The minimum Gasteiger partial charge on any atom is -0.437 e. The maximum atomic E-state index is 14.6. The summed E-state index contributed by atoms with van der Waals surface area (Å²) in [6, 6.07) is 14.7. The van der Waals surface area contributed by atoms with Crippen molar-refractivity contribution in [3.05, 3.63) is 92.8 Å². The summed E-state index contributed by atoms with van der Waals surface area (Å²) in [6.45, 7) is 0.0520. The van der Waals surface area contributed by atoms with Gasteiger partial charge in [0.1, 0.15) is 11.9 Å². The van der Waals surface area contributed by atoms with E-state index in [1.807, 2.05) is 52.9 Å². The van der Waals surface area contributed by atoms with Crippen molar-refractivity contribution in [1.82, 2.24) is 4.90 Å². The summed E-state index contributed by atoms with van der Waals surface area (Å²) < 4.78 is 43.4. The average Bonchev–Trinajstić information content (AvgIpc) is 2.76. The number of amides is 1. The molecule has 0 saturated carbocycles. The Morgan fingerprint density at radius 2 is 1.75 bits per heavy atom. The number of carbonyl (C=O) groups excluding carboxylic acids is 1. The first kappa shape index (κ1) is 22.6. The molecule has 3 aromatic carbocycles. The molecule has 5 nitrogen and oxygen atoms in total. The molecule has 0 aliphatic carbocycles. The molecule has 1 aliphatic heterocycles. The molecule has 1 atom stereocenters. The monoisotopic (exact) mass is 554 g/mol. The van der Waals surface area contributed by atoms with Gasteiger partial charge in [-0.15, -0.1) is 0 Å². The van der Waals surface area contributed by atoms with E-state index in [4.69, 9.17) is 10.8 Å². The Kier molecular flexibility index (Phi) is 6.15. The number of anilines is 2. The van der Waals surface area contributed by atoms with Gasteiger partial charge >= 0.3 is 0 Å². The van der Waals surface area contributed by atoms with Crippen molar-refractivity contribution >= 4 is 39.9 Å². The minimum absolute atomic E-state index is 0.0260. The van der Waals surface area contributed by atoms with Crippen molar-refractivity contribution in [1.29, 1.82) is 0 Å². The van der Waals surface area contributed by atoms with Crippen LogP contribution in [0.3, 0.4) is 0 Å². The third-order valence-corrected chi connectivity index (χ3v) is 6.17. The average molecular weight is 554 g/mol. The molecule has 0 spiro atoms. The van der Waals surface area contributed by atoms with Crippen LogP contribution < -0.4 is 11.1 Å². The highest BCUT2D eigenvalue weighted by Crippen LogP contribution is 2.35. The van der Waals surface area contributed by atoms with Gasteiger partial charge in [0.2, 0.25) is 5.60 Å². The van der Waals surface area contributed by atoms with Gasteiger partial charge < -0.3 is 21.1 Å². The molecular formula is C23H20F3IN3O2+. The van der Waals surface area contributed by atoms with Crippen molar-refractivity contribution in [3.63, 3.8) is 0 Å². The number of rotatable bonds is 5. The van der Waals surface area contributed by atoms with E-state index in [-0.39, 0.29) is 24.3 Å². The summed E-state index contributed by atoms with van der Waals surface area (Å²) in [4.78, 5) is 14.4. The lowest BCUT2D eigenvalue weighted by atomic mass is 9.82. The molecule has 1 heterocycles. The highest BCUT2D eigenvalue weighted by atomic mass is 127. The highest BCUT2D eigenvalue weighted by molar-refractivity contribution is 14.1. The number of nitrogens with two attached hydrogens (primary N) is 1. The molecule has 0 bridgehead atoms. The van der Waals surface area contributed by atoms with E-state index >= 15 is 0 Å². The molecule has 32 heavy (non-hydrogen) atoms. The fourth-order valence-electron chi connectivity index (χ4n) is 3.70. The Hall–Kier alpha value is -2.63. The smallest absolute Gasteiger partial charge is 0.256 e. The lowest BCUT2D eigenvalue weighted by Crippen LogP contribution is -2.67. The Balaban J connectivity index is 1.58. The van der Waals surface area contributed by atoms with Crippen LogP contribution in [0, 0.1) is 21.0 Å². The van der Waals surface area contributed by atoms with Gasteiger partial charge in [-0.05, 0) is 58.5 Å². The van der Waals surface area contributed by atoms with E-state index in [9.17, 15) is 18.0 Å². The molecule has 0 aromatic heterocycles. The van der Waals surface area contributed by atoms with Crippen molar-refractivity contribution < 1.29 is 23.1 Å². The van der Waals surface area contributed by atoms with Crippen LogP contribution in [0.1, 0.15) is 22.0 Å². The summed E-state index contributed by atoms with van der Waals surface area (Å²) in [5, 5.41) is 11.1. The number of hydrogen-bond acceptors (Lipinski definition) is 3. The number of likely N-dealkylation sites (tertiary alicyclic amines) is 1. The number of halogens is 4. The van der Waals surface area contributed by atoms with E-state index in [0.717, 1.165) is 17.7 Å². The standard InChI is InChI=1S/C23H19F3IN3O2/c24-16-8-7-15(20(19(16)26)29-18-9-6-14(27)10-17(18)25)22(31)30-11-23(32,12-30)21(28)13-4-2-1-3-5-13/h1-10,21,29,32H,11-12,28H2/p+1. The Morgan fingerprint density at radius 3 is 2.41 bits per heavy atom. The molecule has 1 fully saturated rings. The maximum Gasteiger partial charge on any atom is 0.256 e. The molecule has 3 aromatic rings. The number of benzene rings is 3. The minimum atomic E-state index is -1.28. The van der Waals surface area contributed by atoms with Crippen LogP contribution in [0.2, 0.25) is 0 Å².